The van der Waals surface area contributed by atoms with E-state index in [4.69, 9.17) is 42.6 Å². The van der Waals surface area contributed by atoms with E-state index in [0.717, 1.165) is 139 Å². The zero-order chi connectivity index (χ0) is 89.4. The number of cyclic esters (lactones) is 1. The summed E-state index contributed by atoms with van der Waals surface area (Å²) in [6.45, 7) is 34.1. The lowest BCUT2D eigenvalue weighted by atomic mass is 9.46. The van der Waals surface area contributed by atoms with E-state index in [1.54, 1.807) is 6.92 Å². The van der Waals surface area contributed by atoms with Gasteiger partial charge in [-0.1, -0.05) is 96.9 Å². The topological polar surface area (TPSA) is 344 Å². The quantitative estimate of drug-likeness (QED) is 0.0578. The number of hydrogen-bond acceptors (Lipinski definition) is 24. The Labute approximate surface area is 731 Å². The zero-order valence-corrected chi connectivity index (χ0v) is 77.5. The Balaban J connectivity index is 0.000000124. The van der Waals surface area contributed by atoms with Gasteiger partial charge in [0.15, 0.2) is 0 Å². The molecule has 23 aliphatic rings. The molecule has 3 aliphatic heterocycles. The number of esters is 10. The highest BCUT2D eigenvalue weighted by molar-refractivity contribution is 5.82. The minimum absolute atomic E-state index is 0.00763. The maximum atomic E-state index is 12.3. The Morgan fingerprint density at radius 1 is 0.382 bits per heavy atom. The third-order valence-corrected chi connectivity index (χ3v) is 34.9. The van der Waals surface area contributed by atoms with Crippen LogP contribution in [0.1, 0.15) is 342 Å². The average molecular weight is 1730 g/mol. The number of ether oxygens (including phenoxy) is 10. The first-order valence-electron chi connectivity index (χ1n) is 48.8. The summed E-state index contributed by atoms with van der Waals surface area (Å²) in [5.41, 5.74) is -4.73. The summed E-state index contributed by atoms with van der Waals surface area (Å²) in [7, 11) is 0. The summed E-state index contributed by atoms with van der Waals surface area (Å²) in [5.74, 6) is 5.98. The molecule has 0 aromatic carbocycles. The van der Waals surface area contributed by atoms with Gasteiger partial charge in [0.2, 0.25) is 6.10 Å². The van der Waals surface area contributed by atoms with Crippen LogP contribution in [-0.4, -0.2) is 162 Å². The second-order valence-corrected chi connectivity index (χ2v) is 44.8. The molecule has 20 aliphatic carbocycles. The molecule has 23 fully saturated rings. The van der Waals surface area contributed by atoms with Gasteiger partial charge in [-0.15, -0.1) is 0 Å². The fourth-order valence-electron chi connectivity index (χ4n) is 27.9. The van der Waals surface area contributed by atoms with Gasteiger partial charge in [-0.05, 0) is 254 Å². The molecule has 4 N–H and O–H groups in total. The highest BCUT2D eigenvalue weighted by atomic mass is 16.6. The van der Waals surface area contributed by atoms with Crippen molar-refractivity contribution in [2.45, 2.75) is 418 Å². The number of hydrogen-bond donors (Lipinski definition) is 4. The van der Waals surface area contributed by atoms with Gasteiger partial charge in [0, 0.05) is 74.0 Å². The van der Waals surface area contributed by atoms with E-state index in [1.165, 1.54) is 70.6 Å². The normalized spacial score (nSPS) is 43.3. The maximum Gasteiger partial charge on any atom is 0.347 e. The van der Waals surface area contributed by atoms with Crippen molar-refractivity contribution in [3.8, 4) is 0 Å². The zero-order valence-electron chi connectivity index (χ0n) is 77.5. The molecule has 0 aromatic heterocycles. The Morgan fingerprint density at radius 3 is 1.04 bits per heavy atom. The third kappa shape index (κ3) is 20.0. The fourth-order valence-corrected chi connectivity index (χ4v) is 27.9. The van der Waals surface area contributed by atoms with E-state index >= 15 is 0 Å². The summed E-state index contributed by atoms with van der Waals surface area (Å²) < 4.78 is 55.1. The number of carbonyl (C=O) groups excluding carboxylic acids is 10. The first-order chi connectivity index (χ1) is 57.8. The molecule has 20 saturated carbocycles. The van der Waals surface area contributed by atoms with Crippen molar-refractivity contribution in [3.63, 3.8) is 0 Å². The molecule has 24 heteroatoms. The molecule has 0 amide bonds. The average Bonchev–Trinajstić information content (AvgIpc) is 1.64. The van der Waals surface area contributed by atoms with E-state index in [1.807, 2.05) is 76.2 Å². The molecular formula is C99H154O24. The largest absolute Gasteiger partial charge is 0.463 e. The van der Waals surface area contributed by atoms with Crippen LogP contribution in [0.5, 0.6) is 0 Å². The minimum Gasteiger partial charge on any atom is -0.463 e. The van der Waals surface area contributed by atoms with Crippen molar-refractivity contribution < 1.29 is 116 Å². The third-order valence-electron chi connectivity index (χ3n) is 34.9. The molecule has 3 saturated heterocycles. The van der Waals surface area contributed by atoms with Crippen LogP contribution in [0.2, 0.25) is 0 Å². The predicted octanol–water partition coefficient (Wildman–Crippen LogP) is 15.9. The van der Waals surface area contributed by atoms with Crippen LogP contribution < -0.4 is 0 Å². The molecule has 0 spiro atoms. The molecule has 0 aromatic rings. The van der Waals surface area contributed by atoms with Gasteiger partial charge in [0.25, 0.3) is 0 Å². The highest BCUT2D eigenvalue weighted by Gasteiger charge is 2.69. The number of aliphatic hydroxyl groups is 4. The van der Waals surface area contributed by atoms with E-state index < -0.39 is 45.7 Å². The van der Waals surface area contributed by atoms with Crippen LogP contribution in [0.4, 0.5) is 0 Å². The van der Waals surface area contributed by atoms with Gasteiger partial charge in [-0.25, -0.2) is 4.79 Å². The van der Waals surface area contributed by atoms with Crippen molar-refractivity contribution in [1.29, 1.82) is 0 Å². The summed E-state index contributed by atoms with van der Waals surface area (Å²) in [6, 6.07) is 0. The Bertz CT molecular complexity index is 3600. The Hall–Kier alpha value is -5.46. The molecular weight excluding hydrogens is 1570 g/mol. The maximum absolute atomic E-state index is 12.3. The first kappa shape index (κ1) is 95.1. The highest BCUT2D eigenvalue weighted by Crippen LogP contribution is 2.67. The molecule has 22 atom stereocenters. The molecule has 22 unspecified atom stereocenters. The summed E-state index contributed by atoms with van der Waals surface area (Å²) in [5, 5.41) is 42.4. The van der Waals surface area contributed by atoms with Gasteiger partial charge in [0.1, 0.15) is 46.8 Å². The lowest BCUT2D eigenvalue weighted by molar-refractivity contribution is -0.264. The van der Waals surface area contributed by atoms with Crippen LogP contribution in [0.3, 0.4) is 0 Å². The standard InChI is InChI=1S/C18H30O2.C16H26O2.2C15H24O4.2C13H18O4.C9H14O4/c1-5-12(2)16(19)20-17(3,4)18-9-13-6-14(10-18)8-15(7-13)11-18;1-4-10(2)15(17)18-16(3)13-6-11-5-12(8-13)9-14(16)7-11;2*1-3-10(2)12(16)19-15-6-11-4-13(17,8-15)7-14(18,5-11)9-15;2*1-3-6(2)12(14)16-10-7-4-8-9(5-7)13(15)17-11(8)10;1-3-6(2)8(10)13-7-4-5-12-9(7)11/h12-15H,5-11H2,1-4H3;10-14H,4-9H2,1-3H3;2*10-11,17-18H,3-9H2,1-2H3;2*6-11H,3-5H2,1-2H3;6-7H,3-5H2,1-2H3. The smallest absolute Gasteiger partial charge is 0.347 e. The second-order valence-electron chi connectivity index (χ2n) is 44.8. The fraction of sp³-hybridized carbons (Fsp3) is 0.899. The van der Waals surface area contributed by atoms with Crippen LogP contribution in [0.15, 0.2) is 0 Å². The molecule has 24 nitrogen and oxygen atoms in total. The number of rotatable bonds is 22. The SMILES string of the molecule is CCC(C)C(=O)OC(C)(C)C12CC3CC(CC(C3)C1)C2.CCC(C)C(=O)OC1(C)C2CC3CC(C2)CC1C3.CCC(C)C(=O)OC12CC3CC(O)(CC(O)(C3)C1)C2.CCC(C)C(=O)OC12CC3CC(O)(CC(O)(C3)C1)C2.CCC(C)C(=O)OC1C2CC3C(=O)OC1C3C2.CCC(C)C(=O)OC1C2CC3C(=O)OC1C3C2.CCC(C)C(=O)OC1CCOC1=O. The van der Waals surface area contributed by atoms with Gasteiger partial charge in [0.05, 0.1) is 82.3 Å². The van der Waals surface area contributed by atoms with E-state index in [2.05, 4.69) is 39.4 Å². The van der Waals surface area contributed by atoms with Crippen LogP contribution in [0, 0.1) is 136 Å². The predicted molar refractivity (Wildman–Crippen MR) is 453 cm³/mol. The Kier molecular flexibility index (Phi) is 28.5. The monoisotopic (exact) mass is 1730 g/mol. The Morgan fingerprint density at radius 2 is 0.707 bits per heavy atom. The summed E-state index contributed by atoms with van der Waals surface area (Å²) >= 11 is 0. The van der Waals surface area contributed by atoms with Crippen LogP contribution in [-0.2, 0) is 95.3 Å². The molecule has 23 rings (SSSR count). The van der Waals surface area contributed by atoms with Crippen molar-refractivity contribution in [2.75, 3.05) is 6.61 Å². The molecule has 123 heavy (non-hydrogen) atoms. The summed E-state index contributed by atoms with van der Waals surface area (Å²) in [4.78, 5) is 117. The van der Waals surface area contributed by atoms with Crippen molar-refractivity contribution in [1.82, 2.24) is 0 Å². The van der Waals surface area contributed by atoms with Gasteiger partial charge >= 0.3 is 59.7 Å². The number of carbonyl (C=O) groups is 10. The van der Waals surface area contributed by atoms with Crippen molar-refractivity contribution >= 4 is 59.7 Å². The summed E-state index contributed by atoms with van der Waals surface area (Å²) in [6.07, 6.45) is 30.7. The van der Waals surface area contributed by atoms with Gasteiger partial charge in [-0.3, -0.25) is 43.2 Å². The molecule has 3 heterocycles. The van der Waals surface area contributed by atoms with Crippen molar-refractivity contribution in [3.05, 3.63) is 0 Å². The van der Waals surface area contributed by atoms with Crippen LogP contribution >= 0.6 is 0 Å². The van der Waals surface area contributed by atoms with E-state index in [9.17, 15) is 68.4 Å². The first-order valence-corrected chi connectivity index (χ1v) is 48.8. The van der Waals surface area contributed by atoms with Crippen molar-refractivity contribution in [2.24, 2.45) is 136 Å². The molecule has 694 valence electrons. The molecule has 20 bridgehead atoms. The van der Waals surface area contributed by atoms with Gasteiger partial charge < -0.3 is 67.8 Å². The van der Waals surface area contributed by atoms with Gasteiger partial charge in [-0.2, -0.15) is 0 Å². The van der Waals surface area contributed by atoms with E-state index in [-0.39, 0.29) is 160 Å². The number of fused-ring (bicyclic) bond motifs is 2. The lowest BCUT2D eigenvalue weighted by Crippen LogP contribution is -2.67. The van der Waals surface area contributed by atoms with Crippen LogP contribution in [0.25, 0.3) is 0 Å². The minimum atomic E-state index is -0.829. The molecule has 0 radical (unpaired) electrons. The second kappa shape index (κ2) is 36.8. The van der Waals surface area contributed by atoms with E-state index in [0.29, 0.717) is 87.1 Å². The lowest BCUT2D eigenvalue weighted by Gasteiger charge is -2.62.